The Bertz CT molecular complexity index is 453. The van der Waals surface area contributed by atoms with Gasteiger partial charge in [0, 0.05) is 37.8 Å². The fraction of sp³-hybridized carbons (Fsp3) is 0.200. The summed E-state index contributed by atoms with van der Waals surface area (Å²) in [7, 11) is 0. The molecule has 0 aliphatic rings. The van der Waals surface area contributed by atoms with Gasteiger partial charge in [0.05, 0.1) is 6.61 Å². The van der Waals surface area contributed by atoms with Gasteiger partial charge in [-0.25, -0.2) is 9.59 Å². The van der Waals surface area contributed by atoms with Crippen molar-refractivity contribution in [2.75, 3.05) is 6.61 Å². The molecule has 17 heavy (non-hydrogen) atoms. The average Bonchev–Trinajstić information content (AvgIpc) is 2.58. The van der Waals surface area contributed by atoms with E-state index in [9.17, 15) is 9.59 Å². The summed E-state index contributed by atoms with van der Waals surface area (Å²) in [4.78, 5) is 22.2. The standard InChI is InChI=1S/C10H8Br2O4S/c11-6-5-17-7(10(6)12)3-4-16-9(15)2-1-8(13)14/h1-2,5H,3-4H2,(H,13,14). The number of aliphatic carboxylic acids is 1. The van der Waals surface area contributed by atoms with E-state index >= 15 is 0 Å². The average molecular weight is 384 g/mol. The first-order chi connectivity index (χ1) is 8.00. The molecule has 0 aliphatic carbocycles. The Balaban J connectivity index is 2.36. The topological polar surface area (TPSA) is 63.6 Å². The lowest BCUT2D eigenvalue weighted by atomic mass is 10.4. The molecule has 1 aromatic heterocycles. The first-order valence-corrected chi connectivity index (χ1v) is 6.96. The van der Waals surface area contributed by atoms with Crippen molar-refractivity contribution in [2.24, 2.45) is 0 Å². The Morgan fingerprint density at radius 1 is 1.41 bits per heavy atom. The van der Waals surface area contributed by atoms with Crippen molar-refractivity contribution in [2.45, 2.75) is 6.42 Å². The third-order valence-corrected chi connectivity index (χ3v) is 5.37. The Morgan fingerprint density at radius 3 is 2.65 bits per heavy atom. The summed E-state index contributed by atoms with van der Waals surface area (Å²) in [6.07, 6.45) is 2.23. The van der Waals surface area contributed by atoms with Crippen LogP contribution in [0.3, 0.4) is 0 Å². The summed E-state index contributed by atoms with van der Waals surface area (Å²) >= 11 is 8.30. The predicted octanol–water partition coefficient (Wildman–Crippen LogP) is 3.00. The van der Waals surface area contributed by atoms with Crippen molar-refractivity contribution in [1.82, 2.24) is 0 Å². The smallest absolute Gasteiger partial charge is 0.331 e. The molecule has 92 valence electrons. The quantitative estimate of drug-likeness (QED) is 0.627. The highest BCUT2D eigenvalue weighted by Crippen LogP contribution is 2.32. The molecule has 0 bridgehead atoms. The first kappa shape index (κ1) is 14.4. The fourth-order valence-electron chi connectivity index (χ4n) is 0.960. The summed E-state index contributed by atoms with van der Waals surface area (Å²) in [5.74, 6) is -1.83. The Labute approximate surface area is 119 Å². The monoisotopic (exact) mass is 382 g/mol. The Kier molecular flexibility index (Phi) is 5.87. The molecule has 0 spiro atoms. The van der Waals surface area contributed by atoms with Crippen molar-refractivity contribution in [3.8, 4) is 0 Å². The van der Waals surface area contributed by atoms with Crippen LogP contribution >= 0.6 is 43.2 Å². The van der Waals surface area contributed by atoms with Gasteiger partial charge in [-0.2, -0.15) is 0 Å². The van der Waals surface area contributed by atoms with Gasteiger partial charge in [-0.3, -0.25) is 0 Å². The summed E-state index contributed by atoms with van der Waals surface area (Å²) < 4.78 is 6.77. The predicted molar refractivity (Wildman–Crippen MR) is 71.2 cm³/mol. The minimum atomic E-state index is -1.17. The molecule has 1 rings (SSSR count). The minimum Gasteiger partial charge on any atom is -0.478 e. The maximum absolute atomic E-state index is 11.0. The summed E-state index contributed by atoms with van der Waals surface area (Å²) in [5, 5.41) is 10.2. The van der Waals surface area contributed by atoms with Gasteiger partial charge in [-0.05, 0) is 31.9 Å². The highest BCUT2D eigenvalue weighted by atomic mass is 79.9. The van der Waals surface area contributed by atoms with Crippen LogP contribution in [0.5, 0.6) is 0 Å². The van der Waals surface area contributed by atoms with E-state index < -0.39 is 11.9 Å². The van der Waals surface area contributed by atoms with Crippen molar-refractivity contribution >= 4 is 55.1 Å². The van der Waals surface area contributed by atoms with Crippen molar-refractivity contribution in [3.05, 3.63) is 31.4 Å². The van der Waals surface area contributed by atoms with E-state index in [0.29, 0.717) is 6.42 Å². The fourth-order valence-corrected chi connectivity index (χ4v) is 3.13. The number of hydrogen-bond donors (Lipinski definition) is 1. The highest BCUT2D eigenvalue weighted by Gasteiger charge is 2.07. The number of carboxylic acids is 1. The normalized spacial score (nSPS) is 10.7. The Morgan fingerprint density at radius 2 is 2.12 bits per heavy atom. The van der Waals surface area contributed by atoms with Gasteiger partial charge in [-0.15, -0.1) is 11.3 Å². The molecule has 0 atom stereocenters. The van der Waals surface area contributed by atoms with Gasteiger partial charge < -0.3 is 9.84 Å². The van der Waals surface area contributed by atoms with Gasteiger partial charge in [-0.1, -0.05) is 0 Å². The minimum absolute atomic E-state index is 0.217. The van der Waals surface area contributed by atoms with Gasteiger partial charge in [0.25, 0.3) is 0 Å². The highest BCUT2D eigenvalue weighted by molar-refractivity contribution is 9.13. The van der Waals surface area contributed by atoms with Crippen LogP contribution < -0.4 is 0 Å². The van der Waals surface area contributed by atoms with Gasteiger partial charge in [0.15, 0.2) is 0 Å². The largest absolute Gasteiger partial charge is 0.478 e. The molecule has 0 aromatic carbocycles. The van der Waals surface area contributed by atoms with E-state index in [1.165, 1.54) is 0 Å². The summed E-state index contributed by atoms with van der Waals surface area (Å²) in [6, 6.07) is 0. The van der Waals surface area contributed by atoms with E-state index in [-0.39, 0.29) is 6.61 Å². The van der Waals surface area contributed by atoms with Gasteiger partial charge in [0.1, 0.15) is 0 Å². The van der Waals surface area contributed by atoms with Crippen molar-refractivity contribution < 1.29 is 19.4 Å². The lowest BCUT2D eigenvalue weighted by molar-refractivity contribution is -0.138. The van der Waals surface area contributed by atoms with E-state index in [1.54, 1.807) is 11.3 Å². The van der Waals surface area contributed by atoms with Gasteiger partial charge >= 0.3 is 11.9 Å². The lowest BCUT2D eigenvalue weighted by Crippen LogP contribution is -2.05. The number of hydrogen-bond acceptors (Lipinski definition) is 4. The van der Waals surface area contributed by atoms with Crippen molar-refractivity contribution in [3.63, 3.8) is 0 Å². The summed E-state index contributed by atoms with van der Waals surface area (Å²) in [6.45, 7) is 0.217. The second kappa shape index (κ2) is 6.93. The molecule has 0 amide bonds. The molecule has 0 aliphatic heterocycles. The SMILES string of the molecule is O=C(O)C=CC(=O)OCCc1scc(Br)c1Br. The number of ether oxygens (including phenoxy) is 1. The molecule has 1 heterocycles. The number of carboxylic acid groups (broad SMARTS) is 1. The van der Waals surface area contributed by atoms with Crippen LogP contribution in [0.15, 0.2) is 26.5 Å². The molecule has 0 unspecified atom stereocenters. The van der Waals surface area contributed by atoms with Crippen LogP contribution in [-0.2, 0) is 20.7 Å². The van der Waals surface area contributed by atoms with Crippen LogP contribution in [0.1, 0.15) is 4.88 Å². The van der Waals surface area contributed by atoms with Gasteiger partial charge in [0.2, 0.25) is 0 Å². The first-order valence-electron chi connectivity index (χ1n) is 4.50. The molecular weight excluding hydrogens is 376 g/mol. The molecule has 1 aromatic rings. The molecule has 1 N–H and O–H groups in total. The number of halogens is 2. The zero-order valence-electron chi connectivity index (χ0n) is 8.48. The molecule has 7 heteroatoms. The molecule has 0 saturated heterocycles. The number of carbonyl (C=O) groups excluding carboxylic acids is 1. The van der Waals surface area contributed by atoms with Crippen LogP contribution in [0.4, 0.5) is 0 Å². The number of esters is 1. The molecular formula is C10H8Br2O4S. The zero-order chi connectivity index (χ0) is 12.8. The third-order valence-electron chi connectivity index (χ3n) is 1.69. The molecule has 4 nitrogen and oxygen atoms in total. The van der Waals surface area contributed by atoms with Crippen LogP contribution in [0.25, 0.3) is 0 Å². The van der Waals surface area contributed by atoms with Crippen LogP contribution in [0, 0.1) is 0 Å². The molecule has 0 radical (unpaired) electrons. The van der Waals surface area contributed by atoms with E-state index in [2.05, 4.69) is 31.9 Å². The molecule has 0 fully saturated rings. The van der Waals surface area contributed by atoms with E-state index in [1.807, 2.05) is 5.38 Å². The maximum atomic E-state index is 11.0. The van der Waals surface area contributed by atoms with Crippen molar-refractivity contribution in [1.29, 1.82) is 0 Å². The molecule has 0 saturated carbocycles. The zero-order valence-corrected chi connectivity index (χ0v) is 12.5. The van der Waals surface area contributed by atoms with Crippen LogP contribution in [0.2, 0.25) is 0 Å². The Hall–Kier alpha value is -0.660. The third kappa shape index (κ3) is 5.01. The maximum Gasteiger partial charge on any atom is 0.331 e. The lowest BCUT2D eigenvalue weighted by Gasteiger charge is -2.00. The second-order valence-electron chi connectivity index (χ2n) is 2.91. The second-order valence-corrected chi connectivity index (χ2v) is 5.52. The number of carbonyl (C=O) groups is 2. The van der Waals surface area contributed by atoms with E-state index in [0.717, 1.165) is 26.0 Å². The summed E-state index contributed by atoms with van der Waals surface area (Å²) in [5.41, 5.74) is 0. The number of rotatable bonds is 5. The number of thiophene rings is 1. The van der Waals surface area contributed by atoms with E-state index in [4.69, 9.17) is 9.84 Å². The van der Waals surface area contributed by atoms with Crippen LogP contribution in [-0.4, -0.2) is 23.7 Å².